The van der Waals surface area contributed by atoms with Gasteiger partial charge < -0.3 is 4.57 Å². The van der Waals surface area contributed by atoms with Crippen LogP contribution in [0.3, 0.4) is 0 Å². The molecule has 0 saturated heterocycles. The molecule has 1 aliphatic rings. The fourth-order valence-electron chi connectivity index (χ4n) is 2.79. The van der Waals surface area contributed by atoms with Gasteiger partial charge in [0.05, 0.1) is 37.3 Å². The molecule has 8 nitrogen and oxygen atoms in total. The summed E-state index contributed by atoms with van der Waals surface area (Å²) in [6.45, 7) is 6.58. The van der Waals surface area contributed by atoms with Crippen molar-refractivity contribution < 1.29 is 8.42 Å². The molecule has 23 heavy (non-hydrogen) atoms. The molecule has 3 heterocycles. The van der Waals surface area contributed by atoms with Crippen molar-refractivity contribution in [2.75, 3.05) is 12.8 Å². The molecule has 1 aliphatic heterocycles. The van der Waals surface area contributed by atoms with Gasteiger partial charge >= 0.3 is 0 Å². The molecule has 0 saturated carbocycles. The van der Waals surface area contributed by atoms with E-state index in [9.17, 15) is 8.42 Å². The zero-order valence-electron chi connectivity index (χ0n) is 13.4. The first-order valence-corrected chi connectivity index (χ1v) is 9.56. The van der Waals surface area contributed by atoms with Crippen molar-refractivity contribution in [1.29, 1.82) is 0 Å². The average molecular weight is 338 g/mol. The maximum Gasteiger partial charge on any atom is 0.209 e. The van der Waals surface area contributed by atoms with Crippen LogP contribution in [-0.2, 0) is 42.7 Å². The number of aryl methyl sites for hydroxylation is 1. The number of hydrogen-bond acceptors (Lipinski definition) is 5. The Morgan fingerprint density at radius 2 is 2.17 bits per heavy atom. The van der Waals surface area contributed by atoms with Crippen LogP contribution in [-0.4, -0.2) is 45.4 Å². The molecule has 9 heteroatoms. The van der Waals surface area contributed by atoms with Crippen molar-refractivity contribution in [2.24, 2.45) is 0 Å². The van der Waals surface area contributed by atoms with Crippen LogP contribution in [0.2, 0.25) is 0 Å². The van der Waals surface area contributed by atoms with Gasteiger partial charge in [-0.2, -0.15) is 5.10 Å². The van der Waals surface area contributed by atoms with Crippen LogP contribution in [0.25, 0.3) is 0 Å². The van der Waals surface area contributed by atoms with Crippen LogP contribution in [0.4, 0.5) is 0 Å². The topological polar surface area (TPSA) is 85.1 Å². The first kappa shape index (κ1) is 16.2. The molecule has 0 unspecified atom stereocenters. The number of hydrogen-bond donors (Lipinski definition) is 1. The van der Waals surface area contributed by atoms with Gasteiger partial charge in [0.2, 0.25) is 10.0 Å². The van der Waals surface area contributed by atoms with Crippen LogP contribution in [0, 0.1) is 0 Å². The van der Waals surface area contributed by atoms with E-state index in [1.165, 1.54) is 0 Å². The number of imidazole rings is 1. The second-order valence-corrected chi connectivity index (χ2v) is 7.62. The number of sulfonamides is 1. The van der Waals surface area contributed by atoms with Crippen molar-refractivity contribution in [2.45, 2.75) is 39.6 Å². The quantitative estimate of drug-likeness (QED) is 0.811. The summed E-state index contributed by atoms with van der Waals surface area (Å²) in [5.74, 6) is 1.07. The van der Waals surface area contributed by atoms with Gasteiger partial charge in [0.1, 0.15) is 5.82 Å². The van der Waals surface area contributed by atoms with E-state index in [0.29, 0.717) is 0 Å². The summed E-state index contributed by atoms with van der Waals surface area (Å²) in [7, 11) is -3.20. The Morgan fingerprint density at radius 3 is 2.91 bits per heavy atom. The van der Waals surface area contributed by atoms with Crippen molar-refractivity contribution in [1.82, 2.24) is 29.0 Å². The number of fused-ring (bicyclic) bond motifs is 1. The Morgan fingerprint density at radius 1 is 1.35 bits per heavy atom. The summed E-state index contributed by atoms with van der Waals surface area (Å²) in [5, 5.41) is 4.46. The van der Waals surface area contributed by atoms with E-state index in [-0.39, 0.29) is 6.54 Å². The van der Waals surface area contributed by atoms with E-state index >= 15 is 0 Å². The SMILES string of the molecule is CCn1ccnc1CN1CCn2nc(CNS(C)(=O)=O)cc2C1. The number of aromatic nitrogens is 4. The molecule has 0 aliphatic carbocycles. The fourth-order valence-corrected chi connectivity index (χ4v) is 3.20. The van der Waals surface area contributed by atoms with Crippen LogP contribution in [0.1, 0.15) is 24.1 Å². The highest BCUT2D eigenvalue weighted by molar-refractivity contribution is 7.88. The summed E-state index contributed by atoms with van der Waals surface area (Å²) < 4.78 is 28.9. The number of nitrogens with one attached hydrogen (secondary N) is 1. The Labute approximate surface area is 136 Å². The van der Waals surface area contributed by atoms with E-state index in [0.717, 1.165) is 56.2 Å². The van der Waals surface area contributed by atoms with Crippen molar-refractivity contribution >= 4 is 10.0 Å². The summed E-state index contributed by atoms with van der Waals surface area (Å²) in [5.41, 5.74) is 1.86. The van der Waals surface area contributed by atoms with Crippen LogP contribution < -0.4 is 4.72 Å². The molecule has 2 aromatic rings. The van der Waals surface area contributed by atoms with Crippen molar-refractivity contribution in [3.63, 3.8) is 0 Å². The monoisotopic (exact) mass is 338 g/mol. The lowest BCUT2D eigenvalue weighted by Crippen LogP contribution is -2.34. The van der Waals surface area contributed by atoms with Crippen LogP contribution in [0.15, 0.2) is 18.5 Å². The van der Waals surface area contributed by atoms with E-state index in [1.54, 1.807) is 0 Å². The first-order chi connectivity index (χ1) is 10.9. The fraction of sp³-hybridized carbons (Fsp3) is 0.571. The second kappa shape index (κ2) is 6.42. The van der Waals surface area contributed by atoms with Gasteiger partial charge in [-0.15, -0.1) is 0 Å². The lowest BCUT2D eigenvalue weighted by atomic mass is 10.2. The van der Waals surface area contributed by atoms with Gasteiger partial charge in [-0.05, 0) is 13.0 Å². The zero-order valence-corrected chi connectivity index (χ0v) is 14.3. The molecule has 0 atom stereocenters. The van der Waals surface area contributed by atoms with E-state index in [1.807, 2.05) is 23.1 Å². The Kier molecular flexibility index (Phi) is 4.51. The van der Waals surface area contributed by atoms with E-state index in [4.69, 9.17) is 0 Å². The second-order valence-electron chi connectivity index (χ2n) is 5.78. The van der Waals surface area contributed by atoms with Gasteiger partial charge in [-0.25, -0.2) is 18.1 Å². The van der Waals surface area contributed by atoms with E-state index in [2.05, 4.69) is 31.2 Å². The van der Waals surface area contributed by atoms with Gasteiger partial charge in [-0.1, -0.05) is 0 Å². The minimum atomic E-state index is -3.20. The van der Waals surface area contributed by atoms with Crippen molar-refractivity contribution in [3.05, 3.63) is 35.7 Å². The molecule has 0 aromatic carbocycles. The molecule has 0 spiro atoms. The molecular weight excluding hydrogens is 316 g/mol. The van der Waals surface area contributed by atoms with Crippen molar-refractivity contribution in [3.8, 4) is 0 Å². The van der Waals surface area contributed by atoms with Gasteiger partial charge in [0, 0.05) is 32.0 Å². The molecule has 0 amide bonds. The third-order valence-electron chi connectivity index (χ3n) is 3.95. The Bertz CT molecular complexity index is 779. The first-order valence-electron chi connectivity index (χ1n) is 7.67. The van der Waals surface area contributed by atoms with Gasteiger partial charge in [0.25, 0.3) is 0 Å². The lowest BCUT2D eigenvalue weighted by molar-refractivity contribution is 0.198. The molecule has 2 aromatic heterocycles. The summed E-state index contributed by atoms with van der Waals surface area (Å²) in [6.07, 6.45) is 4.99. The summed E-state index contributed by atoms with van der Waals surface area (Å²) >= 11 is 0. The minimum Gasteiger partial charge on any atom is -0.334 e. The maximum atomic E-state index is 11.2. The highest BCUT2D eigenvalue weighted by Crippen LogP contribution is 2.16. The lowest BCUT2D eigenvalue weighted by Gasteiger charge is -2.27. The highest BCUT2D eigenvalue weighted by atomic mass is 32.2. The van der Waals surface area contributed by atoms with Gasteiger partial charge in [-0.3, -0.25) is 9.58 Å². The third-order valence-corrected chi connectivity index (χ3v) is 4.62. The predicted octanol–water partition coefficient (Wildman–Crippen LogP) is 0.165. The number of nitrogens with zero attached hydrogens (tertiary/aromatic N) is 5. The highest BCUT2D eigenvalue weighted by Gasteiger charge is 2.20. The average Bonchev–Trinajstić information content (AvgIpc) is 3.10. The molecule has 1 N–H and O–H groups in total. The minimum absolute atomic E-state index is 0.235. The molecule has 0 fully saturated rings. The van der Waals surface area contributed by atoms with Crippen LogP contribution >= 0.6 is 0 Å². The standard InChI is InChI=1S/C14H22N6O2S/c1-3-19-5-4-15-14(19)11-18-6-7-20-13(10-18)8-12(17-20)9-16-23(2,21)22/h4-5,8,16H,3,6-7,9-11H2,1-2H3. The van der Waals surface area contributed by atoms with E-state index < -0.39 is 10.0 Å². The van der Waals surface area contributed by atoms with Crippen LogP contribution in [0.5, 0.6) is 0 Å². The summed E-state index contributed by atoms with van der Waals surface area (Å²) in [4.78, 5) is 6.75. The predicted molar refractivity (Wildman–Crippen MR) is 85.9 cm³/mol. The zero-order chi connectivity index (χ0) is 16.4. The normalized spacial score (nSPS) is 15.7. The molecule has 0 bridgehead atoms. The molecule has 126 valence electrons. The molecule has 3 rings (SSSR count). The van der Waals surface area contributed by atoms with Gasteiger partial charge in [0.15, 0.2) is 0 Å². The number of rotatable bonds is 6. The smallest absolute Gasteiger partial charge is 0.209 e. The third kappa shape index (κ3) is 3.98. The molecule has 0 radical (unpaired) electrons. The molecular formula is C14H22N6O2S. The Hall–Kier alpha value is -1.71. The summed E-state index contributed by atoms with van der Waals surface area (Å²) in [6, 6.07) is 1.97. The largest absolute Gasteiger partial charge is 0.334 e. The Balaban J connectivity index is 1.65. The maximum absolute atomic E-state index is 11.2.